The lowest BCUT2D eigenvalue weighted by Crippen LogP contribution is -2.52. The predicted octanol–water partition coefficient (Wildman–Crippen LogP) is 7.60. The van der Waals surface area contributed by atoms with E-state index in [0.29, 0.717) is 58.9 Å². The number of Topliss-reactive ketones (excluding diaryl/α,β-unsaturated/α-hetero) is 2. The second-order valence-electron chi connectivity index (χ2n) is 16.7. The molecule has 0 heterocycles. The second-order valence-corrected chi connectivity index (χ2v) is 16.7. The zero-order chi connectivity index (χ0) is 29.7. The zero-order valence-electron chi connectivity index (χ0n) is 26.4. The van der Waals surface area contributed by atoms with Crippen LogP contribution in [0.5, 0.6) is 0 Å². The first-order valence-electron chi connectivity index (χ1n) is 17.3. The Morgan fingerprint density at radius 1 is 0.643 bits per heavy atom. The van der Waals surface area contributed by atoms with Crippen molar-refractivity contribution in [1.29, 1.82) is 0 Å². The van der Waals surface area contributed by atoms with E-state index in [1.165, 1.54) is 12.0 Å². The van der Waals surface area contributed by atoms with Crippen LogP contribution in [0.15, 0.2) is 36.0 Å². The summed E-state index contributed by atoms with van der Waals surface area (Å²) in [5.41, 5.74) is 1.63. The van der Waals surface area contributed by atoms with E-state index < -0.39 is 0 Å². The highest BCUT2D eigenvalue weighted by atomic mass is 16.3. The van der Waals surface area contributed by atoms with Crippen LogP contribution in [0.25, 0.3) is 0 Å². The minimum atomic E-state index is -0.105. The number of allylic oxidation sites excluding steroid dienone is 6. The van der Waals surface area contributed by atoms with E-state index >= 15 is 0 Å². The quantitative estimate of drug-likeness (QED) is 0.304. The van der Waals surface area contributed by atoms with Gasteiger partial charge in [0.05, 0.1) is 6.10 Å². The summed E-state index contributed by atoms with van der Waals surface area (Å²) in [6.45, 7) is 9.25. The SMILES string of the molecule is C[C@]12CCC(=O)C=C1C=C[C@@H]1[C@@H]2CC[C@]2(C)C(=O)CC[C@@H]12.C[C@]12CC[C@H](O)CC1C=C[C@@H]1[C@@H]2CC[C@]2(C)C(=O)CC[C@@H]12. The Bertz CT molecular complexity index is 1270. The van der Waals surface area contributed by atoms with Crippen molar-refractivity contribution in [2.45, 2.75) is 117 Å². The van der Waals surface area contributed by atoms with Gasteiger partial charge in [-0.3, -0.25) is 14.4 Å². The van der Waals surface area contributed by atoms with Crippen molar-refractivity contribution >= 4 is 17.3 Å². The molecule has 0 aliphatic heterocycles. The van der Waals surface area contributed by atoms with E-state index in [1.807, 2.05) is 6.08 Å². The maximum atomic E-state index is 12.4. The molecule has 4 nitrogen and oxygen atoms in total. The van der Waals surface area contributed by atoms with Crippen LogP contribution in [0.4, 0.5) is 0 Å². The molecule has 0 spiro atoms. The van der Waals surface area contributed by atoms with Gasteiger partial charge < -0.3 is 5.11 Å². The van der Waals surface area contributed by atoms with Crippen LogP contribution in [0.2, 0.25) is 0 Å². The Labute approximate surface area is 252 Å². The average molecular weight is 573 g/mol. The molecule has 12 atom stereocenters. The summed E-state index contributed by atoms with van der Waals surface area (Å²) in [5.74, 6) is 5.41. The molecule has 4 heteroatoms. The Kier molecular flexibility index (Phi) is 6.78. The number of carbonyl (C=O) groups is 3. The third-order valence-corrected chi connectivity index (χ3v) is 15.1. The summed E-state index contributed by atoms with van der Waals surface area (Å²) in [5, 5.41) is 10.0. The third kappa shape index (κ3) is 4.05. The molecule has 8 rings (SSSR count). The normalized spacial score (nSPS) is 52.1. The molecule has 0 aromatic carbocycles. The molecular weight excluding hydrogens is 520 g/mol. The minimum Gasteiger partial charge on any atom is -0.393 e. The van der Waals surface area contributed by atoms with Gasteiger partial charge in [-0.1, -0.05) is 52.0 Å². The van der Waals surface area contributed by atoms with E-state index in [1.54, 1.807) is 0 Å². The topological polar surface area (TPSA) is 71.4 Å². The van der Waals surface area contributed by atoms with Gasteiger partial charge in [0, 0.05) is 30.1 Å². The first kappa shape index (κ1) is 28.9. The van der Waals surface area contributed by atoms with Gasteiger partial charge in [-0.05, 0) is 128 Å². The molecule has 0 saturated heterocycles. The van der Waals surface area contributed by atoms with Crippen molar-refractivity contribution in [3.05, 3.63) is 36.0 Å². The summed E-state index contributed by atoms with van der Waals surface area (Å²) in [4.78, 5) is 36.4. The monoisotopic (exact) mass is 572 g/mol. The minimum absolute atomic E-state index is 0.0388. The predicted molar refractivity (Wildman–Crippen MR) is 164 cm³/mol. The van der Waals surface area contributed by atoms with Gasteiger partial charge in [-0.25, -0.2) is 0 Å². The lowest BCUT2D eigenvalue weighted by atomic mass is 9.47. The molecule has 228 valence electrons. The van der Waals surface area contributed by atoms with E-state index in [9.17, 15) is 19.5 Å². The second kappa shape index (κ2) is 9.85. The van der Waals surface area contributed by atoms with E-state index in [0.717, 1.165) is 76.5 Å². The van der Waals surface area contributed by atoms with Gasteiger partial charge in [0.1, 0.15) is 11.6 Å². The summed E-state index contributed by atoms with van der Waals surface area (Å²) in [6, 6.07) is 0. The molecule has 0 radical (unpaired) electrons. The Morgan fingerprint density at radius 2 is 1.24 bits per heavy atom. The van der Waals surface area contributed by atoms with Gasteiger partial charge >= 0.3 is 0 Å². The molecule has 1 unspecified atom stereocenters. The average Bonchev–Trinajstić information content (AvgIpc) is 3.44. The number of fused-ring (bicyclic) bond motifs is 10. The van der Waals surface area contributed by atoms with Gasteiger partial charge in [0.15, 0.2) is 5.78 Å². The Hall–Kier alpha value is -1.81. The Morgan fingerprint density at radius 3 is 1.90 bits per heavy atom. The molecule has 8 aliphatic rings. The molecule has 42 heavy (non-hydrogen) atoms. The van der Waals surface area contributed by atoms with Crippen LogP contribution in [-0.4, -0.2) is 28.6 Å². The van der Waals surface area contributed by atoms with E-state index in [2.05, 4.69) is 52.0 Å². The first-order valence-corrected chi connectivity index (χ1v) is 17.3. The summed E-state index contributed by atoms with van der Waals surface area (Å²) >= 11 is 0. The van der Waals surface area contributed by atoms with Crippen LogP contribution in [0.3, 0.4) is 0 Å². The molecule has 0 bridgehead atoms. The summed E-state index contributed by atoms with van der Waals surface area (Å²) in [6.07, 6.45) is 24.1. The van der Waals surface area contributed by atoms with Crippen LogP contribution in [0.1, 0.15) is 111 Å². The molecule has 1 N–H and O–H groups in total. The number of aliphatic hydroxyl groups excluding tert-OH is 1. The van der Waals surface area contributed by atoms with Crippen LogP contribution in [0, 0.1) is 63.1 Å². The molecule has 0 aromatic rings. The largest absolute Gasteiger partial charge is 0.393 e. The number of ketones is 3. The number of rotatable bonds is 0. The van der Waals surface area contributed by atoms with Crippen molar-refractivity contribution in [1.82, 2.24) is 0 Å². The number of hydrogen-bond donors (Lipinski definition) is 1. The van der Waals surface area contributed by atoms with Crippen molar-refractivity contribution < 1.29 is 19.5 Å². The van der Waals surface area contributed by atoms with Crippen LogP contribution in [-0.2, 0) is 14.4 Å². The molecular formula is C38H52O4. The van der Waals surface area contributed by atoms with Crippen molar-refractivity contribution in [3.8, 4) is 0 Å². The van der Waals surface area contributed by atoms with Gasteiger partial charge in [0.2, 0.25) is 0 Å². The first-order chi connectivity index (χ1) is 19.9. The van der Waals surface area contributed by atoms with Crippen molar-refractivity contribution in [2.75, 3.05) is 0 Å². The molecule has 8 aliphatic carbocycles. The van der Waals surface area contributed by atoms with Gasteiger partial charge in [-0.15, -0.1) is 0 Å². The third-order valence-electron chi connectivity index (χ3n) is 15.1. The molecule has 5 fully saturated rings. The van der Waals surface area contributed by atoms with Crippen LogP contribution < -0.4 is 0 Å². The smallest absolute Gasteiger partial charge is 0.156 e. The lowest BCUT2D eigenvalue weighted by Gasteiger charge is -2.57. The van der Waals surface area contributed by atoms with Crippen molar-refractivity contribution in [2.24, 2.45) is 63.1 Å². The van der Waals surface area contributed by atoms with E-state index in [4.69, 9.17) is 0 Å². The number of carbonyl (C=O) groups excluding carboxylic acids is 3. The lowest BCUT2D eigenvalue weighted by molar-refractivity contribution is -0.133. The summed E-state index contributed by atoms with van der Waals surface area (Å²) in [7, 11) is 0. The summed E-state index contributed by atoms with van der Waals surface area (Å²) < 4.78 is 0. The highest BCUT2D eigenvalue weighted by molar-refractivity contribution is 5.92. The number of aliphatic hydroxyl groups is 1. The maximum absolute atomic E-state index is 12.4. The van der Waals surface area contributed by atoms with Gasteiger partial charge in [0.25, 0.3) is 0 Å². The zero-order valence-corrected chi connectivity index (χ0v) is 26.4. The fraction of sp³-hybridized carbons (Fsp3) is 0.763. The molecule has 0 aromatic heterocycles. The highest BCUT2D eigenvalue weighted by Gasteiger charge is 2.60. The van der Waals surface area contributed by atoms with Crippen molar-refractivity contribution in [3.63, 3.8) is 0 Å². The fourth-order valence-electron chi connectivity index (χ4n) is 12.1. The maximum Gasteiger partial charge on any atom is 0.156 e. The highest BCUT2D eigenvalue weighted by Crippen LogP contribution is 2.64. The van der Waals surface area contributed by atoms with Crippen LogP contribution >= 0.6 is 0 Å². The molecule has 5 saturated carbocycles. The Balaban J connectivity index is 0.000000137. The molecule has 0 amide bonds. The number of hydrogen-bond acceptors (Lipinski definition) is 4. The fourth-order valence-corrected chi connectivity index (χ4v) is 12.1. The van der Waals surface area contributed by atoms with E-state index in [-0.39, 0.29) is 28.1 Å². The standard InChI is InChI=1S/C19H28O2.C19H24O2/c2*1-18-9-7-13(20)11-12(18)3-4-14-15-5-6-17(21)19(15,2)10-8-16(14)18/h3-4,12-16,20H,5-11H2,1-2H3;3-4,11,14-16H,5-10H2,1-2H3/t12?,13-,14-,15-,16-,18-,19-;14-,15-,16-,18-,19-/m00/s1. The van der Waals surface area contributed by atoms with Gasteiger partial charge in [-0.2, -0.15) is 0 Å².